The molecule has 4 nitrogen and oxygen atoms in total. The molecule has 0 spiro atoms. The van der Waals surface area contributed by atoms with Crippen LogP contribution in [0.1, 0.15) is 34.1 Å². The molecule has 5 heteroatoms. The molecule has 0 aromatic heterocycles. The van der Waals surface area contributed by atoms with Crippen LogP contribution < -0.4 is 5.32 Å². The number of hydrogen-bond acceptors (Lipinski definition) is 3. The lowest BCUT2D eigenvalue weighted by atomic mass is 9.90. The normalized spacial score (nSPS) is 38.4. The summed E-state index contributed by atoms with van der Waals surface area (Å²) in [5.41, 5.74) is -0.713. The monoisotopic (exact) mass is 228 g/mol. The van der Waals surface area contributed by atoms with Gasteiger partial charge in [-0.2, -0.15) is 0 Å². The first-order valence-corrected chi connectivity index (χ1v) is 5.50. The third-order valence-electron chi connectivity index (χ3n) is 2.99. The molecular weight excluding hydrogens is 212 g/mol. The molecular formula is C10H16N2O2S. The summed E-state index contributed by atoms with van der Waals surface area (Å²) < 4.78 is 5.43. The van der Waals surface area contributed by atoms with Crippen LogP contribution in [0.15, 0.2) is 0 Å². The van der Waals surface area contributed by atoms with Crippen LogP contribution in [0.25, 0.3) is 0 Å². The number of nitrogens with zero attached hydrogens (tertiary/aromatic N) is 1. The van der Waals surface area contributed by atoms with Crippen molar-refractivity contribution in [2.45, 2.75) is 51.4 Å². The molecule has 0 aromatic carbocycles. The summed E-state index contributed by atoms with van der Waals surface area (Å²) in [5, 5.41) is 3.83. The molecule has 84 valence electrons. The van der Waals surface area contributed by atoms with Gasteiger partial charge in [0.25, 0.3) is 0 Å². The van der Waals surface area contributed by atoms with Gasteiger partial charge < -0.3 is 10.1 Å². The first-order valence-electron chi connectivity index (χ1n) is 5.10. The van der Waals surface area contributed by atoms with E-state index in [0.29, 0.717) is 5.11 Å². The molecule has 0 saturated carbocycles. The number of ether oxygens (including phenoxy) is 1. The molecule has 2 aliphatic rings. The molecule has 2 saturated heterocycles. The van der Waals surface area contributed by atoms with E-state index >= 15 is 0 Å². The van der Waals surface area contributed by atoms with Crippen LogP contribution in [0, 0.1) is 0 Å². The number of fused-ring (bicyclic) bond motifs is 1. The third kappa shape index (κ3) is 1.49. The Morgan fingerprint density at radius 2 is 2.13 bits per heavy atom. The Balaban J connectivity index is 2.38. The van der Waals surface area contributed by atoms with Crippen molar-refractivity contribution in [3.05, 3.63) is 0 Å². The van der Waals surface area contributed by atoms with Gasteiger partial charge in [0.05, 0.1) is 0 Å². The largest absolute Gasteiger partial charge is 0.437 e. The van der Waals surface area contributed by atoms with Crippen LogP contribution in [0.4, 0.5) is 0 Å². The number of thiocarbonyl (C=S) groups is 1. The second-order valence-electron chi connectivity index (χ2n) is 5.13. The highest BCUT2D eigenvalue weighted by Crippen LogP contribution is 2.38. The van der Waals surface area contributed by atoms with Crippen molar-refractivity contribution in [1.82, 2.24) is 10.2 Å². The molecule has 0 amide bonds. The van der Waals surface area contributed by atoms with Crippen molar-refractivity contribution >= 4 is 23.3 Å². The quantitative estimate of drug-likeness (QED) is 0.495. The zero-order valence-corrected chi connectivity index (χ0v) is 10.3. The van der Waals surface area contributed by atoms with Crippen molar-refractivity contribution in [3.8, 4) is 0 Å². The second-order valence-corrected chi connectivity index (χ2v) is 5.52. The van der Waals surface area contributed by atoms with Crippen molar-refractivity contribution in [3.63, 3.8) is 0 Å². The van der Waals surface area contributed by atoms with Gasteiger partial charge in [-0.25, -0.2) is 4.79 Å². The molecule has 0 radical (unpaired) electrons. The summed E-state index contributed by atoms with van der Waals surface area (Å²) in [6.07, 6.45) is 0.732. The molecule has 0 bridgehead atoms. The van der Waals surface area contributed by atoms with Crippen molar-refractivity contribution < 1.29 is 9.53 Å². The summed E-state index contributed by atoms with van der Waals surface area (Å²) in [5.74, 6) is -0.195. The summed E-state index contributed by atoms with van der Waals surface area (Å²) >= 11 is 5.28. The van der Waals surface area contributed by atoms with Gasteiger partial charge in [0.15, 0.2) is 10.8 Å². The Hall–Kier alpha value is -0.840. The van der Waals surface area contributed by atoms with Gasteiger partial charge in [-0.15, -0.1) is 0 Å². The maximum absolute atomic E-state index is 11.6. The van der Waals surface area contributed by atoms with Crippen LogP contribution in [0.5, 0.6) is 0 Å². The highest BCUT2D eigenvalue weighted by Gasteiger charge is 2.55. The first kappa shape index (κ1) is 10.7. The zero-order chi connectivity index (χ0) is 11.4. The van der Waals surface area contributed by atoms with Crippen molar-refractivity contribution in [1.29, 1.82) is 0 Å². The highest BCUT2D eigenvalue weighted by atomic mass is 32.1. The highest BCUT2D eigenvalue weighted by molar-refractivity contribution is 7.80. The Morgan fingerprint density at radius 3 is 2.73 bits per heavy atom. The minimum atomic E-state index is -0.581. The lowest BCUT2D eigenvalue weighted by Gasteiger charge is -2.47. The molecule has 2 fully saturated rings. The Labute approximate surface area is 95.0 Å². The fourth-order valence-electron chi connectivity index (χ4n) is 2.59. The standard InChI is InChI=1S/C10H16N2O2S/c1-6-7(13)14-10(4)5-9(2,3)11-8(15)12(6)10/h6H,5H2,1-4H3,(H,11,15)/t6-,10-/m0/s1. The van der Waals surface area contributed by atoms with E-state index in [-0.39, 0.29) is 17.6 Å². The smallest absolute Gasteiger partial charge is 0.330 e. The van der Waals surface area contributed by atoms with Gasteiger partial charge in [0.1, 0.15) is 6.04 Å². The number of rotatable bonds is 0. The van der Waals surface area contributed by atoms with Crippen LogP contribution in [-0.2, 0) is 9.53 Å². The molecule has 1 N–H and O–H groups in total. The number of carbonyl (C=O) groups is 1. The summed E-state index contributed by atoms with van der Waals surface area (Å²) in [4.78, 5) is 13.4. The number of hydrogen-bond donors (Lipinski definition) is 1. The molecule has 15 heavy (non-hydrogen) atoms. The van der Waals surface area contributed by atoms with E-state index in [1.54, 1.807) is 0 Å². The topological polar surface area (TPSA) is 41.6 Å². The minimum Gasteiger partial charge on any atom is -0.437 e. The SMILES string of the molecule is C[C@H]1C(=O)O[C@@]2(C)CC(C)(C)NC(=S)N12. The van der Waals surface area contributed by atoms with Gasteiger partial charge >= 0.3 is 5.97 Å². The van der Waals surface area contributed by atoms with E-state index in [4.69, 9.17) is 17.0 Å². The fourth-order valence-corrected chi connectivity index (χ4v) is 3.22. The van der Waals surface area contributed by atoms with E-state index in [1.807, 2.05) is 18.7 Å². The Kier molecular flexibility index (Phi) is 2.02. The van der Waals surface area contributed by atoms with Gasteiger partial charge in [0.2, 0.25) is 0 Å². The van der Waals surface area contributed by atoms with E-state index in [2.05, 4.69) is 19.2 Å². The Morgan fingerprint density at radius 1 is 1.53 bits per heavy atom. The molecule has 2 rings (SSSR count). The number of esters is 1. The van der Waals surface area contributed by atoms with Crippen LogP contribution in [0.2, 0.25) is 0 Å². The molecule has 2 atom stereocenters. The lowest BCUT2D eigenvalue weighted by molar-refractivity contribution is -0.153. The molecule has 2 heterocycles. The average molecular weight is 228 g/mol. The number of nitrogens with one attached hydrogen (secondary N) is 1. The predicted molar refractivity (Wildman–Crippen MR) is 60.2 cm³/mol. The molecule has 2 aliphatic heterocycles. The van der Waals surface area contributed by atoms with E-state index in [9.17, 15) is 4.79 Å². The maximum atomic E-state index is 11.6. The summed E-state index contributed by atoms with van der Waals surface area (Å²) in [6.45, 7) is 7.85. The maximum Gasteiger partial charge on any atom is 0.330 e. The zero-order valence-electron chi connectivity index (χ0n) is 9.46. The summed E-state index contributed by atoms with van der Waals surface area (Å²) in [6, 6.07) is -0.286. The van der Waals surface area contributed by atoms with Crippen LogP contribution in [-0.4, -0.2) is 33.3 Å². The van der Waals surface area contributed by atoms with Crippen molar-refractivity contribution in [2.75, 3.05) is 0 Å². The van der Waals surface area contributed by atoms with Gasteiger partial charge in [0, 0.05) is 12.0 Å². The van der Waals surface area contributed by atoms with Crippen molar-refractivity contribution in [2.24, 2.45) is 0 Å². The molecule has 0 aromatic rings. The molecule has 0 unspecified atom stereocenters. The average Bonchev–Trinajstić information content (AvgIpc) is 2.18. The fraction of sp³-hybridized carbons (Fsp3) is 0.800. The van der Waals surface area contributed by atoms with Gasteiger partial charge in [-0.1, -0.05) is 0 Å². The second kappa shape index (κ2) is 2.84. The van der Waals surface area contributed by atoms with E-state index < -0.39 is 5.72 Å². The molecule has 0 aliphatic carbocycles. The predicted octanol–water partition coefficient (Wildman–Crippen LogP) is 1.01. The van der Waals surface area contributed by atoms with Gasteiger partial charge in [-0.05, 0) is 39.9 Å². The lowest BCUT2D eigenvalue weighted by Crippen LogP contribution is -2.65. The summed E-state index contributed by atoms with van der Waals surface area (Å²) in [7, 11) is 0. The van der Waals surface area contributed by atoms with Crippen LogP contribution >= 0.6 is 12.2 Å². The third-order valence-corrected chi connectivity index (χ3v) is 3.29. The minimum absolute atomic E-state index is 0.132. The van der Waals surface area contributed by atoms with Gasteiger partial charge in [-0.3, -0.25) is 4.90 Å². The van der Waals surface area contributed by atoms with E-state index in [1.165, 1.54) is 0 Å². The number of carbonyl (C=O) groups excluding carboxylic acids is 1. The van der Waals surface area contributed by atoms with E-state index in [0.717, 1.165) is 6.42 Å². The van der Waals surface area contributed by atoms with Crippen LogP contribution in [0.3, 0.4) is 0 Å². The first-order chi connectivity index (χ1) is 6.75. The Bertz CT molecular complexity index is 342.